The fourth-order valence-electron chi connectivity index (χ4n) is 3.95. The number of amides is 2. The Morgan fingerprint density at radius 3 is 2.80 bits per heavy atom. The van der Waals surface area contributed by atoms with Gasteiger partial charge in [0, 0.05) is 18.2 Å². The molecule has 2 bridgehead atoms. The van der Waals surface area contributed by atoms with Crippen LogP contribution < -0.4 is 5.32 Å². The molecule has 130 valence electrons. The van der Waals surface area contributed by atoms with Gasteiger partial charge in [0.25, 0.3) is 11.8 Å². The molecule has 3 atom stereocenters. The van der Waals surface area contributed by atoms with Crippen LogP contribution in [0.3, 0.4) is 0 Å². The zero-order chi connectivity index (χ0) is 17.6. The van der Waals surface area contributed by atoms with Gasteiger partial charge in [0.1, 0.15) is 5.82 Å². The van der Waals surface area contributed by atoms with Gasteiger partial charge >= 0.3 is 0 Å². The van der Waals surface area contributed by atoms with Crippen LogP contribution in [0.2, 0.25) is 0 Å². The first kappa shape index (κ1) is 16.3. The summed E-state index contributed by atoms with van der Waals surface area (Å²) in [6.45, 7) is 2.36. The molecule has 0 spiro atoms. The number of halogens is 1. The standard InChI is InChI=1S/C19H19FN2O2S/c1-11-4-5-13(9-14(11)20)19(24)22-10-12-7-15(16(22)8-12)21-18(23)17-3-2-6-25-17/h2-6,9,12,15-16H,7-8,10H2,1H3,(H,21,23). The summed E-state index contributed by atoms with van der Waals surface area (Å²) in [5.74, 6) is -0.196. The van der Waals surface area contributed by atoms with Gasteiger partial charge in [0.05, 0.1) is 10.9 Å². The van der Waals surface area contributed by atoms with E-state index in [9.17, 15) is 14.0 Å². The van der Waals surface area contributed by atoms with Gasteiger partial charge in [-0.05, 0) is 54.8 Å². The lowest BCUT2D eigenvalue weighted by molar-refractivity contribution is 0.0648. The van der Waals surface area contributed by atoms with E-state index in [4.69, 9.17) is 0 Å². The minimum Gasteiger partial charge on any atom is -0.347 e. The molecule has 0 radical (unpaired) electrons. The second kappa shape index (κ2) is 6.26. The number of carbonyl (C=O) groups excluding carboxylic acids is 2. The van der Waals surface area contributed by atoms with E-state index in [0.717, 1.165) is 12.8 Å². The number of hydrogen-bond donors (Lipinski definition) is 1. The van der Waals surface area contributed by atoms with Crippen LogP contribution in [-0.2, 0) is 0 Å². The number of nitrogens with zero attached hydrogens (tertiary/aromatic N) is 1. The molecule has 3 unspecified atom stereocenters. The number of likely N-dealkylation sites (tertiary alicyclic amines) is 1. The van der Waals surface area contributed by atoms with E-state index in [-0.39, 0.29) is 29.7 Å². The molecule has 1 aromatic carbocycles. The smallest absolute Gasteiger partial charge is 0.261 e. The lowest BCUT2D eigenvalue weighted by Gasteiger charge is -2.33. The highest BCUT2D eigenvalue weighted by atomic mass is 32.1. The average Bonchev–Trinajstić information content (AvgIpc) is 3.32. The molecular weight excluding hydrogens is 339 g/mol. The predicted molar refractivity (Wildman–Crippen MR) is 94.3 cm³/mol. The summed E-state index contributed by atoms with van der Waals surface area (Å²) >= 11 is 1.41. The summed E-state index contributed by atoms with van der Waals surface area (Å²) in [6, 6.07) is 8.22. The first-order chi connectivity index (χ1) is 12.0. The van der Waals surface area contributed by atoms with Gasteiger partial charge in [-0.1, -0.05) is 12.1 Å². The minimum atomic E-state index is -0.363. The molecule has 25 heavy (non-hydrogen) atoms. The van der Waals surface area contributed by atoms with Crippen molar-refractivity contribution in [3.63, 3.8) is 0 Å². The molecular formula is C19H19FN2O2S. The highest BCUT2D eigenvalue weighted by molar-refractivity contribution is 7.12. The number of rotatable bonds is 3. The number of piperidine rings is 1. The average molecular weight is 358 g/mol. The predicted octanol–water partition coefficient (Wildman–Crippen LogP) is 3.23. The summed E-state index contributed by atoms with van der Waals surface area (Å²) < 4.78 is 13.8. The van der Waals surface area contributed by atoms with E-state index in [1.165, 1.54) is 17.4 Å². The van der Waals surface area contributed by atoms with Crippen LogP contribution in [0.4, 0.5) is 4.39 Å². The van der Waals surface area contributed by atoms with Crippen LogP contribution in [0.1, 0.15) is 38.4 Å². The lowest BCUT2D eigenvalue weighted by Crippen LogP contribution is -2.51. The molecule has 4 rings (SSSR count). The van der Waals surface area contributed by atoms with Crippen molar-refractivity contribution >= 4 is 23.2 Å². The van der Waals surface area contributed by atoms with Crippen LogP contribution in [0.5, 0.6) is 0 Å². The highest BCUT2D eigenvalue weighted by Gasteiger charge is 2.47. The normalized spacial score (nSPS) is 24.6. The maximum atomic E-state index is 13.8. The summed E-state index contributed by atoms with van der Waals surface area (Å²) in [5.41, 5.74) is 0.902. The van der Waals surface area contributed by atoms with Gasteiger partial charge < -0.3 is 10.2 Å². The minimum absolute atomic E-state index is 0.00854. The molecule has 1 aromatic heterocycles. The fourth-order valence-corrected chi connectivity index (χ4v) is 4.58. The Bertz CT molecular complexity index is 821. The zero-order valence-electron chi connectivity index (χ0n) is 13.9. The Morgan fingerprint density at radius 1 is 1.28 bits per heavy atom. The van der Waals surface area contributed by atoms with Crippen LogP contribution in [-0.4, -0.2) is 35.3 Å². The number of nitrogens with one attached hydrogen (secondary N) is 1. The fraction of sp³-hybridized carbons (Fsp3) is 0.368. The maximum absolute atomic E-state index is 13.8. The Balaban J connectivity index is 1.49. The van der Waals surface area contributed by atoms with Crippen molar-refractivity contribution in [1.29, 1.82) is 0 Å². The van der Waals surface area contributed by atoms with Gasteiger partial charge in [-0.2, -0.15) is 0 Å². The third-order valence-corrected chi connectivity index (χ3v) is 6.09. The van der Waals surface area contributed by atoms with Crippen molar-refractivity contribution in [1.82, 2.24) is 10.2 Å². The lowest BCUT2D eigenvalue weighted by atomic mass is 10.0. The van der Waals surface area contributed by atoms with Crippen LogP contribution >= 0.6 is 11.3 Å². The van der Waals surface area contributed by atoms with E-state index < -0.39 is 0 Å². The maximum Gasteiger partial charge on any atom is 0.261 e. The number of benzene rings is 1. The van der Waals surface area contributed by atoms with Crippen molar-refractivity contribution in [2.75, 3.05) is 6.54 Å². The molecule has 1 N–H and O–H groups in total. The summed E-state index contributed by atoms with van der Waals surface area (Å²) in [6.07, 6.45) is 1.79. The summed E-state index contributed by atoms with van der Waals surface area (Å²) in [5, 5.41) is 4.95. The van der Waals surface area contributed by atoms with E-state index in [1.807, 2.05) is 11.4 Å². The monoisotopic (exact) mass is 358 g/mol. The van der Waals surface area contributed by atoms with Crippen molar-refractivity contribution in [2.45, 2.75) is 31.8 Å². The van der Waals surface area contributed by atoms with Gasteiger partial charge in [0.15, 0.2) is 0 Å². The molecule has 2 aromatic rings. The van der Waals surface area contributed by atoms with E-state index in [0.29, 0.717) is 28.5 Å². The highest BCUT2D eigenvalue weighted by Crippen LogP contribution is 2.38. The van der Waals surface area contributed by atoms with Crippen molar-refractivity contribution in [2.24, 2.45) is 5.92 Å². The number of thiophene rings is 1. The van der Waals surface area contributed by atoms with Gasteiger partial charge in [0.2, 0.25) is 0 Å². The van der Waals surface area contributed by atoms with Gasteiger partial charge in [-0.15, -0.1) is 11.3 Å². The number of fused-ring (bicyclic) bond motifs is 2. The second-order valence-electron chi connectivity index (χ2n) is 6.88. The zero-order valence-corrected chi connectivity index (χ0v) is 14.7. The first-order valence-corrected chi connectivity index (χ1v) is 9.32. The van der Waals surface area contributed by atoms with E-state index in [1.54, 1.807) is 30.0 Å². The van der Waals surface area contributed by atoms with E-state index in [2.05, 4.69) is 5.32 Å². The van der Waals surface area contributed by atoms with Crippen molar-refractivity contribution < 1.29 is 14.0 Å². The quantitative estimate of drug-likeness (QED) is 0.916. The SMILES string of the molecule is Cc1ccc(C(=O)N2CC3CC(NC(=O)c4cccs4)C2C3)cc1F. The molecule has 1 aliphatic carbocycles. The van der Waals surface area contributed by atoms with Gasteiger partial charge in [-0.3, -0.25) is 9.59 Å². The Morgan fingerprint density at radius 2 is 2.12 bits per heavy atom. The first-order valence-electron chi connectivity index (χ1n) is 8.44. The molecule has 2 heterocycles. The summed E-state index contributed by atoms with van der Waals surface area (Å²) in [4.78, 5) is 27.6. The van der Waals surface area contributed by atoms with Crippen LogP contribution in [0.25, 0.3) is 0 Å². The Kier molecular flexibility index (Phi) is 4.07. The molecule has 2 fully saturated rings. The van der Waals surface area contributed by atoms with Crippen LogP contribution in [0, 0.1) is 18.7 Å². The van der Waals surface area contributed by atoms with Crippen molar-refractivity contribution in [3.8, 4) is 0 Å². The molecule has 1 saturated carbocycles. The molecule has 2 amide bonds. The van der Waals surface area contributed by atoms with Crippen molar-refractivity contribution in [3.05, 3.63) is 57.5 Å². The van der Waals surface area contributed by atoms with Gasteiger partial charge in [-0.25, -0.2) is 4.39 Å². The second-order valence-corrected chi connectivity index (χ2v) is 7.83. The molecule has 4 nitrogen and oxygen atoms in total. The Labute approximate surface area is 149 Å². The third kappa shape index (κ3) is 2.95. The Hall–Kier alpha value is -2.21. The largest absolute Gasteiger partial charge is 0.347 e. The molecule has 6 heteroatoms. The number of hydrogen-bond acceptors (Lipinski definition) is 3. The van der Waals surface area contributed by atoms with Crippen LogP contribution in [0.15, 0.2) is 35.7 Å². The molecule has 1 saturated heterocycles. The molecule has 1 aliphatic heterocycles. The van der Waals surface area contributed by atoms with E-state index >= 15 is 0 Å². The topological polar surface area (TPSA) is 49.4 Å². The number of carbonyl (C=O) groups is 2. The number of aryl methyl sites for hydroxylation is 1. The third-order valence-electron chi connectivity index (χ3n) is 5.22. The molecule has 2 aliphatic rings. The summed E-state index contributed by atoms with van der Waals surface area (Å²) in [7, 11) is 0.